The van der Waals surface area contributed by atoms with E-state index in [-0.39, 0.29) is 11.4 Å². The van der Waals surface area contributed by atoms with Crippen LogP contribution in [-0.4, -0.2) is 21.0 Å². The smallest absolute Gasteiger partial charge is 0.354 e. The van der Waals surface area contributed by atoms with Crippen LogP contribution in [-0.2, 0) is 0 Å². The molecule has 0 atom stereocenters. The van der Waals surface area contributed by atoms with Crippen LogP contribution >= 0.6 is 0 Å². The molecule has 0 spiro atoms. The van der Waals surface area contributed by atoms with Crippen molar-refractivity contribution in [2.24, 2.45) is 0 Å². The lowest BCUT2D eigenvalue weighted by Gasteiger charge is -2.00. The van der Waals surface area contributed by atoms with E-state index in [1.807, 2.05) is 0 Å². The van der Waals surface area contributed by atoms with Gasteiger partial charge >= 0.3 is 5.97 Å². The second-order valence-corrected chi connectivity index (χ2v) is 3.29. The predicted molar refractivity (Wildman–Crippen MR) is 57.2 cm³/mol. The molecule has 0 saturated heterocycles. The first-order valence-electron chi connectivity index (χ1n) is 4.66. The first-order chi connectivity index (χ1) is 8.08. The van der Waals surface area contributed by atoms with Gasteiger partial charge in [-0.05, 0) is 24.3 Å². The molecule has 2 N–H and O–H groups in total. The summed E-state index contributed by atoms with van der Waals surface area (Å²) < 4.78 is 12.7. The summed E-state index contributed by atoms with van der Waals surface area (Å²) in [4.78, 5) is 28.1. The maximum Gasteiger partial charge on any atom is 0.354 e. The number of aromatic amines is 1. The summed E-state index contributed by atoms with van der Waals surface area (Å²) in [6.45, 7) is 0. The Hall–Kier alpha value is -2.50. The number of carbonyl (C=O) groups is 1. The van der Waals surface area contributed by atoms with Crippen molar-refractivity contribution < 1.29 is 14.3 Å². The summed E-state index contributed by atoms with van der Waals surface area (Å²) in [5.41, 5.74) is -0.447. The number of carboxylic acids is 1. The molecule has 0 saturated carbocycles. The second-order valence-electron chi connectivity index (χ2n) is 3.29. The third-order valence-electron chi connectivity index (χ3n) is 2.13. The van der Waals surface area contributed by atoms with Gasteiger partial charge in [0.25, 0.3) is 5.56 Å². The SMILES string of the molecule is O=C(O)c1cnc(-c2ccc(F)cc2)c(=O)[nH]1. The third-order valence-corrected chi connectivity index (χ3v) is 2.13. The van der Waals surface area contributed by atoms with E-state index in [2.05, 4.69) is 9.97 Å². The van der Waals surface area contributed by atoms with Gasteiger partial charge in [-0.15, -0.1) is 0 Å². The summed E-state index contributed by atoms with van der Waals surface area (Å²) in [7, 11) is 0. The fourth-order valence-electron chi connectivity index (χ4n) is 1.32. The molecule has 2 rings (SSSR count). The summed E-state index contributed by atoms with van der Waals surface area (Å²) in [6.07, 6.45) is 1.04. The van der Waals surface area contributed by atoms with E-state index < -0.39 is 17.3 Å². The van der Waals surface area contributed by atoms with Gasteiger partial charge in [0.2, 0.25) is 0 Å². The van der Waals surface area contributed by atoms with Crippen LogP contribution in [0.2, 0.25) is 0 Å². The van der Waals surface area contributed by atoms with Crippen LogP contribution in [0, 0.1) is 5.82 Å². The average molecular weight is 234 g/mol. The molecule has 1 aromatic heterocycles. The molecular weight excluding hydrogens is 227 g/mol. The predicted octanol–water partition coefficient (Wildman–Crippen LogP) is 1.27. The zero-order chi connectivity index (χ0) is 12.4. The van der Waals surface area contributed by atoms with Gasteiger partial charge in [-0.3, -0.25) is 4.79 Å². The topological polar surface area (TPSA) is 83.0 Å². The largest absolute Gasteiger partial charge is 0.477 e. The molecule has 86 valence electrons. The number of hydrogen-bond donors (Lipinski definition) is 2. The molecule has 1 aromatic carbocycles. The van der Waals surface area contributed by atoms with Gasteiger partial charge in [0.1, 0.15) is 17.2 Å². The highest BCUT2D eigenvalue weighted by Gasteiger charge is 2.09. The van der Waals surface area contributed by atoms with Crippen LogP contribution < -0.4 is 5.56 Å². The highest BCUT2D eigenvalue weighted by molar-refractivity contribution is 5.85. The zero-order valence-corrected chi connectivity index (χ0v) is 8.48. The highest BCUT2D eigenvalue weighted by Crippen LogP contribution is 2.12. The number of aromatic nitrogens is 2. The van der Waals surface area contributed by atoms with Gasteiger partial charge in [-0.25, -0.2) is 14.2 Å². The standard InChI is InChI=1S/C11H7FN2O3/c12-7-3-1-6(2-4-7)9-10(15)14-8(5-13-9)11(16)17/h1-5H,(H,14,15)(H,16,17). The van der Waals surface area contributed by atoms with Crippen molar-refractivity contribution >= 4 is 5.97 Å². The molecular formula is C11H7FN2O3. The molecule has 0 aliphatic heterocycles. The lowest BCUT2D eigenvalue weighted by Crippen LogP contribution is -2.16. The third kappa shape index (κ3) is 2.20. The Balaban J connectivity index is 2.50. The summed E-state index contributed by atoms with van der Waals surface area (Å²) >= 11 is 0. The maximum absolute atomic E-state index is 12.7. The molecule has 0 amide bonds. The molecule has 0 aliphatic carbocycles. The molecule has 17 heavy (non-hydrogen) atoms. The van der Waals surface area contributed by atoms with E-state index >= 15 is 0 Å². The Kier molecular flexibility index (Phi) is 2.70. The van der Waals surface area contributed by atoms with Crippen LogP contribution in [0.3, 0.4) is 0 Å². The number of nitrogens with one attached hydrogen (secondary N) is 1. The number of hydrogen-bond acceptors (Lipinski definition) is 3. The second kappa shape index (κ2) is 4.17. The van der Waals surface area contributed by atoms with Crippen LogP contribution in [0.4, 0.5) is 4.39 Å². The van der Waals surface area contributed by atoms with Crippen molar-refractivity contribution in [3.8, 4) is 11.3 Å². The number of carboxylic acid groups (broad SMARTS) is 1. The van der Waals surface area contributed by atoms with Gasteiger partial charge in [-0.1, -0.05) is 0 Å². The minimum absolute atomic E-state index is 0.0509. The van der Waals surface area contributed by atoms with E-state index in [1.165, 1.54) is 24.3 Å². The Bertz CT molecular complexity index is 619. The number of aromatic carboxylic acids is 1. The minimum Gasteiger partial charge on any atom is -0.477 e. The fourth-order valence-corrected chi connectivity index (χ4v) is 1.32. The monoisotopic (exact) mass is 234 g/mol. The fraction of sp³-hybridized carbons (Fsp3) is 0. The van der Waals surface area contributed by atoms with Crippen LogP contribution in [0.1, 0.15) is 10.5 Å². The molecule has 0 bridgehead atoms. The zero-order valence-electron chi connectivity index (χ0n) is 8.48. The van der Waals surface area contributed by atoms with Gasteiger partial charge in [-0.2, -0.15) is 0 Å². The number of benzene rings is 1. The van der Waals surface area contributed by atoms with Crippen molar-refractivity contribution in [1.29, 1.82) is 0 Å². The van der Waals surface area contributed by atoms with Gasteiger partial charge < -0.3 is 10.1 Å². The maximum atomic E-state index is 12.7. The van der Waals surface area contributed by atoms with Crippen molar-refractivity contribution in [3.05, 3.63) is 52.3 Å². The number of nitrogens with zero attached hydrogens (tertiary/aromatic N) is 1. The summed E-state index contributed by atoms with van der Waals surface area (Å²) in [5.74, 6) is -1.69. The Labute approximate surface area is 94.6 Å². The molecule has 5 nitrogen and oxygen atoms in total. The molecule has 2 aromatic rings. The first-order valence-corrected chi connectivity index (χ1v) is 4.66. The van der Waals surface area contributed by atoms with Gasteiger partial charge in [0.05, 0.1) is 6.20 Å². The highest BCUT2D eigenvalue weighted by atomic mass is 19.1. The normalized spacial score (nSPS) is 10.2. The van der Waals surface area contributed by atoms with Gasteiger partial charge in [0.15, 0.2) is 0 Å². The molecule has 0 aliphatic rings. The Morgan fingerprint density at radius 2 is 1.94 bits per heavy atom. The molecule has 0 fully saturated rings. The van der Waals surface area contributed by atoms with E-state index in [0.717, 1.165) is 6.20 Å². The van der Waals surface area contributed by atoms with E-state index in [4.69, 9.17) is 5.11 Å². The lowest BCUT2D eigenvalue weighted by molar-refractivity contribution is 0.0689. The van der Waals surface area contributed by atoms with Crippen molar-refractivity contribution in [1.82, 2.24) is 9.97 Å². The van der Waals surface area contributed by atoms with Crippen molar-refractivity contribution in [2.75, 3.05) is 0 Å². The number of halogens is 1. The summed E-state index contributed by atoms with van der Waals surface area (Å²) in [5, 5.41) is 8.65. The minimum atomic E-state index is -1.26. The molecule has 1 heterocycles. The first kappa shape index (κ1) is 11.0. The van der Waals surface area contributed by atoms with E-state index in [9.17, 15) is 14.0 Å². The van der Waals surface area contributed by atoms with Crippen LogP contribution in [0.15, 0.2) is 35.3 Å². The van der Waals surface area contributed by atoms with E-state index in [1.54, 1.807) is 0 Å². The molecule has 0 unspecified atom stereocenters. The average Bonchev–Trinajstić information content (AvgIpc) is 2.30. The van der Waals surface area contributed by atoms with Crippen LogP contribution in [0.25, 0.3) is 11.3 Å². The van der Waals surface area contributed by atoms with Crippen LogP contribution in [0.5, 0.6) is 0 Å². The Morgan fingerprint density at radius 3 is 2.47 bits per heavy atom. The van der Waals surface area contributed by atoms with E-state index in [0.29, 0.717) is 5.56 Å². The summed E-state index contributed by atoms with van der Waals surface area (Å²) in [6, 6.07) is 5.18. The van der Waals surface area contributed by atoms with Crippen molar-refractivity contribution in [2.45, 2.75) is 0 Å². The van der Waals surface area contributed by atoms with Gasteiger partial charge in [0, 0.05) is 5.56 Å². The molecule has 0 radical (unpaired) electrons. The molecule has 6 heteroatoms. The number of H-pyrrole nitrogens is 1. The lowest BCUT2D eigenvalue weighted by atomic mass is 10.1. The quantitative estimate of drug-likeness (QED) is 0.819. The Morgan fingerprint density at radius 1 is 1.29 bits per heavy atom. The van der Waals surface area contributed by atoms with Crippen molar-refractivity contribution in [3.63, 3.8) is 0 Å². The number of rotatable bonds is 2.